The Bertz CT molecular complexity index is 266. The highest BCUT2D eigenvalue weighted by Crippen LogP contribution is 2.11. The first kappa shape index (κ1) is 12.2. The second-order valence-corrected chi connectivity index (χ2v) is 3.16. The van der Waals surface area contributed by atoms with Gasteiger partial charge in [-0.15, -0.1) is 0 Å². The fourth-order valence-electron chi connectivity index (χ4n) is 0.910. The molecule has 0 aromatic carbocycles. The summed E-state index contributed by atoms with van der Waals surface area (Å²) < 4.78 is 15.4. The van der Waals surface area contributed by atoms with Crippen molar-refractivity contribution < 1.29 is 14.2 Å². The molecule has 0 N–H and O–H groups in total. The Morgan fingerprint density at radius 3 is 2.67 bits per heavy atom. The van der Waals surface area contributed by atoms with Gasteiger partial charge in [-0.05, 0) is 12.1 Å². The van der Waals surface area contributed by atoms with Crippen LogP contribution in [0.3, 0.4) is 0 Å². The Morgan fingerprint density at radius 2 is 2.00 bits per heavy atom. The third-order valence-electron chi connectivity index (χ3n) is 1.63. The summed E-state index contributed by atoms with van der Waals surface area (Å²) in [4.78, 5) is 3.89. The zero-order valence-corrected chi connectivity index (χ0v) is 9.37. The molecule has 0 amide bonds. The van der Waals surface area contributed by atoms with Crippen LogP contribution in [0.15, 0.2) is 18.3 Å². The molecule has 84 valence electrons. The van der Waals surface area contributed by atoms with Crippen LogP contribution >= 0.6 is 11.6 Å². The molecule has 1 aromatic rings. The van der Waals surface area contributed by atoms with E-state index in [0.29, 0.717) is 37.3 Å². The quantitative estimate of drug-likeness (QED) is 0.530. The van der Waals surface area contributed by atoms with Crippen LogP contribution in [0, 0.1) is 0 Å². The highest BCUT2D eigenvalue weighted by molar-refractivity contribution is 6.29. The van der Waals surface area contributed by atoms with E-state index in [2.05, 4.69) is 4.98 Å². The van der Waals surface area contributed by atoms with Gasteiger partial charge in [-0.2, -0.15) is 0 Å². The molecule has 0 saturated heterocycles. The zero-order valence-electron chi connectivity index (χ0n) is 8.61. The third kappa shape index (κ3) is 5.57. The van der Waals surface area contributed by atoms with Crippen LogP contribution in [0.2, 0.25) is 5.15 Å². The number of pyridine rings is 1. The summed E-state index contributed by atoms with van der Waals surface area (Å²) in [7, 11) is 1.64. The van der Waals surface area contributed by atoms with Crippen molar-refractivity contribution in [1.82, 2.24) is 4.98 Å². The van der Waals surface area contributed by atoms with Crippen molar-refractivity contribution >= 4 is 11.6 Å². The van der Waals surface area contributed by atoms with E-state index in [1.54, 1.807) is 25.4 Å². The van der Waals surface area contributed by atoms with Gasteiger partial charge in [0.1, 0.15) is 17.5 Å². The SMILES string of the molecule is COCCOCCOc1ccc(Cl)nc1. The molecule has 0 spiro atoms. The number of hydrogen-bond acceptors (Lipinski definition) is 4. The van der Waals surface area contributed by atoms with Crippen LogP contribution in [-0.2, 0) is 9.47 Å². The summed E-state index contributed by atoms with van der Waals surface area (Å²) in [5.41, 5.74) is 0. The summed E-state index contributed by atoms with van der Waals surface area (Å²) in [5.74, 6) is 0.690. The Labute approximate surface area is 94.1 Å². The number of ether oxygens (including phenoxy) is 3. The topological polar surface area (TPSA) is 40.6 Å². The van der Waals surface area contributed by atoms with E-state index in [9.17, 15) is 0 Å². The normalized spacial score (nSPS) is 10.3. The molecule has 15 heavy (non-hydrogen) atoms. The Balaban J connectivity index is 2.07. The zero-order chi connectivity index (χ0) is 10.9. The average molecular weight is 232 g/mol. The van der Waals surface area contributed by atoms with Crippen LogP contribution in [0.5, 0.6) is 5.75 Å². The highest BCUT2D eigenvalue weighted by Gasteiger charge is 1.94. The van der Waals surface area contributed by atoms with Crippen molar-refractivity contribution in [3.63, 3.8) is 0 Å². The number of aromatic nitrogens is 1. The van der Waals surface area contributed by atoms with Crippen molar-refractivity contribution in [2.45, 2.75) is 0 Å². The molecule has 0 saturated carbocycles. The van der Waals surface area contributed by atoms with Crippen molar-refractivity contribution in [1.29, 1.82) is 0 Å². The molecule has 1 rings (SSSR count). The van der Waals surface area contributed by atoms with E-state index in [-0.39, 0.29) is 0 Å². The number of nitrogens with zero attached hydrogens (tertiary/aromatic N) is 1. The Hall–Kier alpha value is -0.840. The van der Waals surface area contributed by atoms with Gasteiger partial charge in [0.25, 0.3) is 0 Å². The first-order valence-electron chi connectivity index (χ1n) is 4.64. The third-order valence-corrected chi connectivity index (χ3v) is 1.85. The van der Waals surface area contributed by atoms with E-state index in [0.717, 1.165) is 0 Å². The van der Waals surface area contributed by atoms with Gasteiger partial charge in [0, 0.05) is 7.11 Å². The molecule has 0 radical (unpaired) electrons. The lowest BCUT2D eigenvalue weighted by atomic mass is 10.5. The molecule has 1 heterocycles. The standard InChI is InChI=1S/C10H14ClNO3/c1-13-4-5-14-6-7-15-9-2-3-10(11)12-8-9/h2-3,8H,4-7H2,1H3. The lowest BCUT2D eigenvalue weighted by Crippen LogP contribution is -2.10. The van der Waals surface area contributed by atoms with E-state index in [1.807, 2.05) is 0 Å². The summed E-state index contributed by atoms with van der Waals surface area (Å²) >= 11 is 5.62. The molecular weight excluding hydrogens is 218 g/mol. The number of methoxy groups -OCH3 is 1. The first-order chi connectivity index (χ1) is 7.33. The van der Waals surface area contributed by atoms with Gasteiger partial charge in [-0.25, -0.2) is 4.98 Å². The predicted octanol–water partition coefficient (Wildman–Crippen LogP) is 1.78. The summed E-state index contributed by atoms with van der Waals surface area (Å²) in [6.07, 6.45) is 1.58. The minimum atomic E-state index is 0.457. The largest absolute Gasteiger partial charge is 0.490 e. The van der Waals surface area contributed by atoms with E-state index in [4.69, 9.17) is 25.8 Å². The smallest absolute Gasteiger partial charge is 0.137 e. The Morgan fingerprint density at radius 1 is 1.20 bits per heavy atom. The van der Waals surface area contributed by atoms with Gasteiger partial charge in [-0.1, -0.05) is 11.6 Å². The molecule has 4 nitrogen and oxygen atoms in total. The summed E-state index contributed by atoms with van der Waals surface area (Å²) in [6.45, 7) is 2.21. The maximum Gasteiger partial charge on any atom is 0.137 e. The molecule has 1 aromatic heterocycles. The molecule has 0 fully saturated rings. The van der Waals surface area contributed by atoms with E-state index >= 15 is 0 Å². The monoisotopic (exact) mass is 231 g/mol. The molecule has 0 atom stereocenters. The van der Waals surface area contributed by atoms with Crippen LogP contribution in [0.25, 0.3) is 0 Å². The molecule has 0 aliphatic rings. The average Bonchev–Trinajstić information content (AvgIpc) is 2.26. The highest BCUT2D eigenvalue weighted by atomic mass is 35.5. The van der Waals surface area contributed by atoms with E-state index in [1.165, 1.54) is 0 Å². The minimum Gasteiger partial charge on any atom is -0.490 e. The van der Waals surface area contributed by atoms with Crippen molar-refractivity contribution in [2.75, 3.05) is 33.5 Å². The minimum absolute atomic E-state index is 0.457. The number of halogens is 1. The predicted molar refractivity (Wildman–Crippen MR) is 57.4 cm³/mol. The molecule has 0 aliphatic carbocycles. The molecular formula is C10H14ClNO3. The lowest BCUT2D eigenvalue weighted by molar-refractivity contribution is 0.0544. The van der Waals surface area contributed by atoms with Crippen LogP contribution < -0.4 is 4.74 Å². The molecule has 0 bridgehead atoms. The van der Waals surface area contributed by atoms with Gasteiger partial charge in [0.15, 0.2) is 0 Å². The molecule has 5 heteroatoms. The van der Waals surface area contributed by atoms with Gasteiger partial charge in [0.2, 0.25) is 0 Å². The second kappa shape index (κ2) is 7.45. The van der Waals surface area contributed by atoms with Gasteiger partial charge >= 0.3 is 0 Å². The van der Waals surface area contributed by atoms with Gasteiger partial charge < -0.3 is 14.2 Å². The van der Waals surface area contributed by atoms with Crippen LogP contribution in [0.4, 0.5) is 0 Å². The van der Waals surface area contributed by atoms with Gasteiger partial charge in [0.05, 0.1) is 26.0 Å². The fourth-order valence-corrected chi connectivity index (χ4v) is 1.02. The van der Waals surface area contributed by atoms with Crippen molar-refractivity contribution in [3.05, 3.63) is 23.5 Å². The second-order valence-electron chi connectivity index (χ2n) is 2.77. The fraction of sp³-hybridized carbons (Fsp3) is 0.500. The van der Waals surface area contributed by atoms with Crippen LogP contribution in [-0.4, -0.2) is 38.5 Å². The van der Waals surface area contributed by atoms with E-state index < -0.39 is 0 Å². The lowest BCUT2D eigenvalue weighted by Gasteiger charge is -2.06. The maximum absolute atomic E-state index is 5.62. The summed E-state index contributed by atoms with van der Waals surface area (Å²) in [5, 5.41) is 0.457. The first-order valence-corrected chi connectivity index (χ1v) is 5.02. The van der Waals surface area contributed by atoms with Crippen molar-refractivity contribution in [3.8, 4) is 5.75 Å². The van der Waals surface area contributed by atoms with Crippen LogP contribution in [0.1, 0.15) is 0 Å². The molecule has 0 aliphatic heterocycles. The summed E-state index contributed by atoms with van der Waals surface area (Å²) in [6, 6.07) is 3.45. The van der Waals surface area contributed by atoms with Crippen molar-refractivity contribution in [2.24, 2.45) is 0 Å². The Kier molecular flexibility index (Phi) is 6.08. The maximum atomic E-state index is 5.62. The molecule has 0 unspecified atom stereocenters. The number of hydrogen-bond donors (Lipinski definition) is 0. The van der Waals surface area contributed by atoms with Gasteiger partial charge in [-0.3, -0.25) is 0 Å². The number of rotatable bonds is 7.